The Labute approximate surface area is 119 Å². The highest BCUT2D eigenvalue weighted by Gasteiger charge is 2.23. The molecule has 0 unspecified atom stereocenters. The van der Waals surface area contributed by atoms with Crippen molar-refractivity contribution in [3.63, 3.8) is 0 Å². The zero-order valence-electron chi connectivity index (χ0n) is 11.2. The van der Waals surface area contributed by atoms with Crippen LogP contribution in [0.5, 0.6) is 0 Å². The van der Waals surface area contributed by atoms with E-state index in [0.717, 1.165) is 18.4 Å². The molecule has 1 aromatic carbocycles. The Morgan fingerprint density at radius 3 is 2.53 bits per heavy atom. The average molecular weight is 285 g/mol. The molecule has 1 aromatic rings. The Hall–Kier alpha value is -1.13. The van der Waals surface area contributed by atoms with E-state index in [1.54, 1.807) is 19.1 Å². The van der Waals surface area contributed by atoms with Crippen LogP contribution in [-0.2, 0) is 0 Å². The summed E-state index contributed by atoms with van der Waals surface area (Å²) in [5.41, 5.74) is 8.04. The molecular formula is C14H21ClN2O2. The maximum absolute atomic E-state index is 10.9. The molecule has 0 spiro atoms. The Kier molecular flexibility index (Phi) is 5.76. The van der Waals surface area contributed by atoms with Gasteiger partial charge in [0.05, 0.1) is 4.92 Å². The molecule has 19 heavy (non-hydrogen) atoms. The van der Waals surface area contributed by atoms with Gasteiger partial charge in [-0.3, -0.25) is 10.1 Å². The smallest absolute Gasteiger partial charge is 0.272 e. The summed E-state index contributed by atoms with van der Waals surface area (Å²) in [6.45, 7) is 1.76. The lowest BCUT2D eigenvalue weighted by Gasteiger charge is -2.27. The predicted molar refractivity (Wildman–Crippen MR) is 78.6 cm³/mol. The fourth-order valence-electron chi connectivity index (χ4n) is 2.80. The van der Waals surface area contributed by atoms with Crippen LogP contribution in [0.25, 0.3) is 0 Å². The number of nitrogens with zero attached hydrogens (tertiary/aromatic N) is 1. The lowest BCUT2D eigenvalue weighted by Crippen LogP contribution is -2.23. The van der Waals surface area contributed by atoms with E-state index in [-0.39, 0.29) is 29.1 Å². The van der Waals surface area contributed by atoms with E-state index in [0.29, 0.717) is 11.5 Å². The quantitative estimate of drug-likeness (QED) is 0.676. The number of benzene rings is 1. The van der Waals surface area contributed by atoms with Gasteiger partial charge < -0.3 is 5.73 Å². The van der Waals surface area contributed by atoms with Crippen molar-refractivity contribution < 1.29 is 4.92 Å². The summed E-state index contributed by atoms with van der Waals surface area (Å²) >= 11 is 0. The van der Waals surface area contributed by atoms with E-state index in [1.165, 1.54) is 19.3 Å². The number of nitro benzene ring substituents is 1. The van der Waals surface area contributed by atoms with Crippen molar-refractivity contribution in [2.45, 2.75) is 45.1 Å². The Bertz CT molecular complexity index is 445. The van der Waals surface area contributed by atoms with Crippen molar-refractivity contribution in [2.75, 3.05) is 0 Å². The van der Waals surface area contributed by atoms with Gasteiger partial charge in [-0.1, -0.05) is 31.4 Å². The van der Waals surface area contributed by atoms with Crippen LogP contribution >= 0.6 is 12.4 Å². The molecule has 0 aliphatic heterocycles. The highest BCUT2D eigenvalue weighted by molar-refractivity contribution is 5.85. The molecular weight excluding hydrogens is 264 g/mol. The number of hydrogen-bond donors (Lipinski definition) is 1. The minimum Gasteiger partial charge on any atom is -0.324 e. The van der Waals surface area contributed by atoms with E-state index in [4.69, 9.17) is 5.73 Å². The maximum Gasteiger partial charge on any atom is 0.272 e. The predicted octanol–water partition coefficient (Wildman–Crippen LogP) is 3.91. The third kappa shape index (κ3) is 3.67. The van der Waals surface area contributed by atoms with E-state index < -0.39 is 0 Å². The summed E-state index contributed by atoms with van der Waals surface area (Å²) in [7, 11) is 0. The van der Waals surface area contributed by atoms with Gasteiger partial charge in [-0.25, -0.2) is 0 Å². The summed E-state index contributed by atoms with van der Waals surface area (Å²) in [5, 5.41) is 10.9. The first-order valence-electron chi connectivity index (χ1n) is 6.60. The van der Waals surface area contributed by atoms with Gasteiger partial charge in [0, 0.05) is 17.7 Å². The standard InChI is InChI=1S/C14H20N2O2.ClH/c1-10-7-8-12(9-13(10)16(17)18)14(15)11-5-3-2-4-6-11;/h7-9,11,14H,2-6,15H2,1H3;1H/t14-;/m1./s1. The molecule has 0 saturated heterocycles. The number of aryl methyl sites for hydroxylation is 1. The minimum atomic E-state index is -0.327. The van der Waals surface area contributed by atoms with Gasteiger partial charge in [0.2, 0.25) is 0 Å². The lowest BCUT2D eigenvalue weighted by atomic mass is 9.81. The van der Waals surface area contributed by atoms with Crippen molar-refractivity contribution in [3.05, 3.63) is 39.4 Å². The second-order valence-corrected chi connectivity index (χ2v) is 5.23. The monoisotopic (exact) mass is 284 g/mol. The van der Waals surface area contributed by atoms with Crippen LogP contribution < -0.4 is 5.73 Å². The van der Waals surface area contributed by atoms with Gasteiger partial charge >= 0.3 is 0 Å². The van der Waals surface area contributed by atoms with Crippen molar-refractivity contribution in [1.29, 1.82) is 0 Å². The largest absolute Gasteiger partial charge is 0.324 e. The number of nitro groups is 1. The van der Waals surface area contributed by atoms with Crippen LogP contribution in [0, 0.1) is 23.0 Å². The van der Waals surface area contributed by atoms with Crippen LogP contribution in [-0.4, -0.2) is 4.92 Å². The number of hydrogen-bond acceptors (Lipinski definition) is 3. The SMILES string of the molecule is Cc1ccc([C@H](N)C2CCCCC2)cc1[N+](=O)[O-].Cl. The fourth-order valence-corrected chi connectivity index (χ4v) is 2.80. The topological polar surface area (TPSA) is 69.2 Å². The van der Waals surface area contributed by atoms with Crippen molar-refractivity contribution in [2.24, 2.45) is 11.7 Å². The Morgan fingerprint density at radius 1 is 1.32 bits per heavy atom. The van der Waals surface area contributed by atoms with Gasteiger partial charge in [0.25, 0.3) is 5.69 Å². The normalized spacial score (nSPS) is 17.6. The van der Waals surface area contributed by atoms with Crippen LogP contribution in [0.1, 0.15) is 49.3 Å². The number of nitrogens with two attached hydrogens (primary N) is 1. The molecule has 0 bridgehead atoms. The summed E-state index contributed by atoms with van der Waals surface area (Å²) in [4.78, 5) is 10.6. The molecule has 1 aliphatic rings. The van der Waals surface area contributed by atoms with E-state index in [9.17, 15) is 10.1 Å². The molecule has 5 heteroatoms. The zero-order valence-corrected chi connectivity index (χ0v) is 12.0. The highest BCUT2D eigenvalue weighted by atomic mass is 35.5. The lowest BCUT2D eigenvalue weighted by molar-refractivity contribution is -0.385. The summed E-state index contributed by atoms with van der Waals surface area (Å²) < 4.78 is 0. The van der Waals surface area contributed by atoms with Crippen molar-refractivity contribution >= 4 is 18.1 Å². The van der Waals surface area contributed by atoms with Gasteiger partial charge in [0.15, 0.2) is 0 Å². The van der Waals surface area contributed by atoms with Gasteiger partial charge in [0.1, 0.15) is 0 Å². The number of halogens is 1. The summed E-state index contributed by atoms with van der Waals surface area (Å²) in [6, 6.07) is 5.32. The molecule has 1 atom stereocenters. The molecule has 1 fully saturated rings. The molecule has 0 aromatic heterocycles. The molecule has 106 valence electrons. The molecule has 0 radical (unpaired) electrons. The van der Waals surface area contributed by atoms with E-state index in [1.807, 2.05) is 6.07 Å². The fraction of sp³-hybridized carbons (Fsp3) is 0.571. The van der Waals surface area contributed by atoms with Crippen LogP contribution in [0.15, 0.2) is 18.2 Å². The molecule has 4 nitrogen and oxygen atoms in total. The highest BCUT2D eigenvalue weighted by Crippen LogP contribution is 2.34. The molecule has 0 heterocycles. The number of rotatable bonds is 3. The van der Waals surface area contributed by atoms with Crippen LogP contribution in [0.2, 0.25) is 0 Å². The average Bonchev–Trinajstić information content (AvgIpc) is 2.39. The molecule has 1 aliphatic carbocycles. The second-order valence-electron chi connectivity index (χ2n) is 5.23. The third-order valence-electron chi connectivity index (χ3n) is 3.97. The summed E-state index contributed by atoms with van der Waals surface area (Å²) in [5.74, 6) is 0.473. The third-order valence-corrected chi connectivity index (χ3v) is 3.97. The molecule has 0 amide bonds. The Morgan fingerprint density at radius 2 is 1.95 bits per heavy atom. The first kappa shape index (κ1) is 15.9. The first-order chi connectivity index (χ1) is 8.59. The van der Waals surface area contributed by atoms with E-state index in [2.05, 4.69) is 0 Å². The molecule has 1 saturated carbocycles. The van der Waals surface area contributed by atoms with Gasteiger partial charge in [-0.2, -0.15) is 0 Å². The maximum atomic E-state index is 10.9. The van der Waals surface area contributed by atoms with E-state index >= 15 is 0 Å². The van der Waals surface area contributed by atoms with Gasteiger partial charge in [-0.05, 0) is 31.2 Å². The molecule has 2 N–H and O–H groups in total. The minimum absolute atomic E-state index is 0. The summed E-state index contributed by atoms with van der Waals surface area (Å²) in [6.07, 6.45) is 6.03. The first-order valence-corrected chi connectivity index (χ1v) is 6.60. The molecule has 2 rings (SSSR count). The van der Waals surface area contributed by atoms with Gasteiger partial charge in [-0.15, -0.1) is 12.4 Å². The van der Waals surface area contributed by atoms with Crippen molar-refractivity contribution in [3.8, 4) is 0 Å². The second kappa shape index (κ2) is 6.87. The van der Waals surface area contributed by atoms with Crippen molar-refractivity contribution in [1.82, 2.24) is 0 Å². The van der Waals surface area contributed by atoms with Crippen LogP contribution in [0.4, 0.5) is 5.69 Å². The zero-order chi connectivity index (χ0) is 13.1. The van der Waals surface area contributed by atoms with Crippen LogP contribution in [0.3, 0.4) is 0 Å². The Balaban J connectivity index is 0.00000180.